The minimum atomic E-state index is -0.965. The molecule has 2 N–H and O–H groups in total. The molecule has 1 aliphatic carbocycles. The first-order valence-electron chi connectivity index (χ1n) is 7.04. The summed E-state index contributed by atoms with van der Waals surface area (Å²) < 4.78 is 10.9. The van der Waals surface area contributed by atoms with Crippen LogP contribution in [0.15, 0.2) is 18.2 Å². The third-order valence-corrected chi connectivity index (χ3v) is 3.65. The van der Waals surface area contributed by atoms with Gasteiger partial charge in [-0.2, -0.15) is 0 Å². The molecule has 0 bridgehead atoms. The smallest absolute Gasteiger partial charge is 0.326 e. The lowest BCUT2D eigenvalue weighted by Crippen LogP contribution is -2.43. The summed E-state index contributed by atoms with van der Waals surface area (Å²) in [5, 5.41) is 11.7. The number of ether oxygens (including phenoxy) is 2. The zero-order chi connectivity index (χ0) is 14.8. The number of aliphatic carboxylic acids is 1. The molecule has 1 atom stereocenters. The summed E-state index contributed by atoms with van der Waals surface area (Å²) in [6.45, 7) is 1.01. The first-order chi connectivity index (χ1) is 10.1. The SMILES string of the molecule is O=C(Cc1ccc2c(c1)OCCO2)NC(C(=O)O)C1CC1. The van der Waals surface area contributed by atoms with Crippen LogP contribution in [-0.2, 0) is 16.0 Å². The standard InChI is InChI=1S/C15H17NO5/c17-13(16-14(15(18)19)10-2-3-10)8-9-1-4-11-12(7-9)21-6-5-20-11/h1,4,7,10,14H,2-3,5-6,8H2,(H,16,17)(H,18,19). The molecule has 1 amide bonds. The number of carboxylic acids is 1. The summed E-state index contributed by atoms with van der Waals surface area (Å²) in [6.07, 6.45) is 1.86. The Kier molecular flexibility index (Phi) is 3.68. The van der Waals surface area contributed by atoms with Crippen molar-refractivity contribution in [1.82, 2.24) is 5.32 Å². The van der Waals surface area contributed by atoms with Gasteiger partial charge in [0.05, 0.1) is 6.42 Å². The number of amides is 1. The van der Waals surface area contributed by atoms with E-state index >= 15 is 0 Å². The molecule has 0 saturated heterocycles. The van der Waals surface area contributed by atoms with E-state index in [1.165, 1.54) is 0 Å². The molecule has 1 aliphatic heterocycles. The Morgan fingerprint density at radius 2 is 1.95 bits per heavy atom. The van der Waals surface area contributed by atoms with E-state index < -0.39 is 12.0 Å². The van der Waals surface area contributed by atoms with Gasteiger partial charge < -0.3 is 19.9 Å². The van der Waals surface area contributed by atoms with Crippen LogP contribution in [0.25, 0.3) is 0 Å². The van der Waals surface area contributed by atoms with Crippen LogP contribution in [0, 0.1) is 5.92 Å². The minimum Gasteiger partial charge on any atom is -0.486 e. The Morgan fingerprint density at radius 3 is 2.62 bits per heavy atom. The Bertz CT molecular complexity index is 567. The number of carboxylic acid groups (broad SMARTS) is 1. The van der Waals surface area contributed by atoms with Gasteiger partial charge in [-0.1, -0.05) is 6.07 Å². The third kappa shape index (κ3) is 3.26. The van der Waals surface area contributed by atoms with Crippen LogP contribution in [0.2, 0.25) is 0 Å². The maximum Gasteiger partial charge on any atom is 0.326 e. The molecule has 0 radical (unpaired) electrons. The monoisotopic (exact) mass is 291 g/mol. The van der Waals surface area contributed by atoms with Gasteiger partial charge in [-0.15, -0.1) is 0 Å². The number of benzene rings is 1. The lowest BCUT2D eigenvalue weighted by Gasteiger charge is -2.19. The number of fused-ring (bicyclic) bond motifs is 1. The molecule has 112 valence electrons. The number of carbonyl (C=O) groups excluding carboxylic acids is 1. The predicted molar refractivity (Wildman–Crippen MR) is 73.4 cm³/mol. The van der Waals surface area contributed by atoms with Gasteiger partial charge in [0.2, 0.25) is 5.91 Å². The number of hydrogen-bond donors (Lipinski definition) is 2. The summed E-state index contributed by atoms with van der Waals surface area (Å²) in [4.78, 5) is 23.1. The first kappa shape index (κ1) is 13.7. The van der Waals surface area contributed by atoms with Crippen molar-refractivity contribution in [3.8, 4) is 11.5 Å². The van der Waals surface area contributed by atoms with Gasteiger partial charge in [0, 0.05) is 0 Å². The second-order valence-electron chi connectivity index (χ2n) is 5.38. The molecule has 1 aromatic rings. The Hall–Kier alpha value is -2.24. The molecule has 1 fully saturated rings. The van der Waals surface area contributed by atoms with Gasteiger partial charge in [-0.05, 0) is 36.5 Å². The van der Waals surface area contributed by atoms with E-state index in [0.717, 1.165) is 18.4 Å². The molecular formula is C15H17NO5. The van der Waals surface area contributed by atoms with Crippen molar-refractivity contribution < 1.29 is 24.2 Å². The van der Waals surface area contributed by atoms with Gasteiger partial charge in [0.15, 0.2) is 11.5 Å². The highest BCUT2D eigenvalue weighted by Crippen LogP contribution is 2.33. The molecule has 0 aromatic heterocycles. The predicted octanol–water partition coefficient (Wildman–Crippen LogP) is 0.980. The number of hydrogen-bond acceptors (Lipinski definition) is 4. The molecule has 2 aliphatic rings. The minimum absolute atomic E-state index is 0.0757. The fraction of sp³-hybridized carbons (Fsp3) is 0.467. The van der Waals surface area contributed by atoms with Crippen molar-refractivity contribution in [2.75, 3.05) is 13.2 Å². The van der Waals surface area contributed by atoms with Crippen LogP contribution in [0.3, 0.4) is 0 Å². The molecular weight excluding hydrogens is 274 g/mol. The average Bonchev–Trinajstić information content (AvgIpc) is 3.29. The Balaban J connectivity index is 1.63. The molecule has 1 saturated carbocycles. The van der Waals surface area contributed by atoms with E-state index in [1.54, 1.807) is 18.2 Å². The van der Waals surface area contributed by atoms with Crippen molar-refractivity contribution in [2.45, 2.75) is 25.3 Å². The Morgan fingerprint density at radius 1 is 1.24 bits per heavy atom. The lowest BCUT2D eigenvalue weighted by molar-refractivity contribution is -0.142. The van der Waals surface area contributed by atoms with Gasteiger partial charge in [-0.3, -0.25) is 4.79 Å². The molecule has 1 heterocycles. The van der Waals surface area contributed by atoms with Gasteiger partial charge >= 0.3 is 5.97 Å². The lowest BCUT2D eigenvalue weighted by atomic mass is 10.1. The maximum absolute atomic E-state index is 12.0. The summed E-state index contributed by atoms with van der Waals surface area (Å²) in [6, 6.07) is 4.56. The van der Waals surface area contributed by atoms with Crippen molar-refractivity contribution in [1.29, 1.82) is 0 Å². The highest BCUT2D eigenvalue weighted by Gasteiger charge is 2.37. The fourth-order valence-corrected chi connectivity index (χ4v) is 2.42. The molecule has 1 aromatic carbocycles. The van der Waals surface area contributed by atoms with Crippen molar-refractivity contribution in [3.63, 3.8) is 0 Å². The first-order valence-corrected chi connectivity index (χ1v) is 7.04. The molecule has 6 nitrogen and oxygen atoms in total. The highest BCUT2D eigenvalue weighted by molar-refractivity contribution is 5.85. The zero-order valence-electron chi connectivity index (χ0n) is 11.5. The summed E-state index contributed by atoms with van der Waals surface area (Å²) in [5.74, 6) is 0.126. The highest BCUT2D eigenvalue weighted by atomic mass is 16.6. The largest absolute Gasteiger partial charge is 0.486 e. The third-order valence-electron chi connectivity index (χ3n) is 3.65. The van der Waals surface area contributed by atoms with E-state index in [0.29, 0.717) is 24.7 Å². The topological polar surface area (TPSA) is 84.9 Å². The van der Waals surface area contributed by atoms with Crippen LogP contribution in [-0.4, -0.2) is 36.2 Å². The van der Waals surface area contributed by atoms with E-state index in [-0.39, 0.29) is 18.2 Å². The maximum atomic E-state index is 12.0. The molecule has 0 spiro atoms. The normalized spacial score (nSPS) is 17.9. The van der Waals surface area contributed by atoms with Crippen LogP contribution in [0.4, 0.5) is 0 Å². The van der Waals surface area contributed by atoms with Gasteiger partial charge in [0.25, 0.3) is 0 Å². The van der Waals surface area contributed by atoms with E-state index in [2.05, 4.69) is 5.32 Å². The van der Waals surface area contributed by atoms with Crippen molar-refractivity contribution >= 4 is 11.9 Å². The second kappa shape index (κ2) is 5.63. The number of nitrogens with one attached hydrogen (secondary N) is 1. The van der Waals surface area contributed by atoms with Crippen LogP contribution in [0.1, 0.15) is 18.4 Å². The summed E-state index contributed by atoms with van der Waals surface area (Å²) in [5.41, 5.74) is 0.775. The van der Waals surface area contributed by atoms with Crippen LogP contribution < -0.4 is 14.8 Å². The van der Waals surface area contributed by atoms with Gasteiger partial charge in [0.1, 0.15) is 19.3 Å². The van der Waals surface area contributed by atoms with Crippen molar-refractivity contribution in [3.05, 3.63) is 23.8 Å². The zero-order valence-corrected chi connectivity index (χ0v) is 11.5. The fourth-order valence-electron chi connectivity index (χ4n) is 2.42. The quantitative estimate of drug-likeness (QED) is 0.844. The summed E-state index contributed by atoms with van der Waals surface area (Å²) >= 11 is 0. The number of rotatable bonds is 5. The number of carbonyl (C=O) groups is 2. The molecule has 3 rings (SSSR count). The molecule has 1 unspecified atom stereocenters. The van der Waals surface area contributed by atoms with E-state index in [4.69, 9.17) is 14.6 Å². The van der Waals surface area contributed by atoms with Crippen LogP contribution in [0.5, 0.6) is 11.5 Å². The second-order valence-corrected chi connectivity index (χ2v) is 5.38. The van der Waals surface area contributed by atoms with Crippen LogP contribution >= 0.6 is 0 Å². The molecule has 21 heavy (non-hydrogen) atoms. The van der Waals surface area contributed by atoms with Crippen molar-refractivity contribution in [2.24, 2.45) is 5.92 Å². The van der Waals surface area contributed by atoms with E-state index in [9.17, 15) is 9.59 Å². The average molecular weight is 291 g/mol. The van der Waals surface area contributed by atoms with Gasteiger partial charge in [-0.25, -0.2) is 4.79 Å². The summed E-state index contributed by atoms with van der Waals surface area (Å²) in [7, 11) is 0. The molecule has 6 heteroatoms. The van der Waals surface area contributed by atoms with E-state index in [1.807, 2.05) is 0 Å². The Labute approximate surface area is 122 Å².